The Bertz CT molecular complexity index is 554. The average molecular weight is 334 g/mol. The second kappa shape index (κ2) is 5.83. The fourth-order valence-electron chi connectivity index (χ4n) is 3.53. The summed E-state index contributed by atoms with van der Waals surface area (Å²) in [6.45, 7) is -1.38. The molecule has 3 rings (SSSR count). The normalized spacial score (nSPS) is 31.3. The summed E-state index contributed by atoms with van der Waals surface area (Å²) in [4.78, 5) is 12.6. The van der Waals surface area contributed by atoms with E-state index in [1.54, 1.807) is 6.08 Å². The first-order chi connectivity index (χ1) is 10.9. The van der Waals surface area contributed by atoms with Gasteiger partial charge in [0.15, 0.2) is 23.6 Å². The van der Waals surface area contributed by atoms with Crippen molar-refractivity contribution in [3.63, 3.8) is 0 Å². The molecule has 2 fully saturated rings. The van der Waals surface area contributed by atoms with Crippen molar-refractivity contribution >= 4 is 5.78 Å². The molecule has 23 heavy (non-hydrogen) atoms. The van der Waals surface area contributed by atoms with Gasteiger partial charge in [-0.2, -0.15) is 13.2 Å². The fraction of sp³-hybridized carbons (Fsp3) is 0.667. The van der Waals surface area contributed by atoms with Gasteiger partial charge in [-0.05, 0) is 18.9 Å². The zero-order valence-electron chi connectivity index (χ0n) is 12.5. The SMILES string of the molecule is COC(OCC(F)(F)F)C1CCCC12C=C1OCOC1=CC2=O. The molecule has 0 bridgehead atoms. The minimum absolute atomic E-state index is 0.0317. The highest BCUT2D eigenvalue weighted by atomic mass is 19.4. The summed E-state index contributed by atoms with van der Waals surface area (Å²) in [6.07, 6.45) is -0.794. The Kier molecular flexibility index (Phi) is 4.14. The maximum Gasteiger partial charge on any atom is 0.411 e. The Balaban J connectivity index is 1.84. The van der Waals surface area contributed by atoms with Crippen molar-refractivity contribution in [2.75, 3.05) is 20.5 Å². The second-order valence-corrected chi connectivity index (χ2v) is 5.86. The molecule has 2 aliphatic carbocycles. The Morgan fingerprint density at radius 2 is 2.13 bits per heavy atom. The van der Waals surface area contributed by atoms with Gasteiger partial charge in [-0.25, -0.2) is 0 Å². The smallest absolute Gasteiger partial charge is 0.411 e. The van der Waals surface area contributed by atoms with Gasteiger partial charge in [0.05, 0.1) is 5.41 Å². The van der Waals surface area contributed by atoms with Crippen LogP contribution in [0.5, 0.6) is 0 Å². The van der Waals surface area contributed by atoms with E-state index in [2.05, 4.69) is 0 Å². The van der Waals surface area contributed by atoms with Crippen molar-refractivity contribution in [1.82, 2.24) is 0 Å². The highest BCUT2D eigenvalue weighted by Gasteiger charge is 2.53. The molecule has 5 nitrogen and oxygen atoms in total. The van der Waals surface area contributed by atoms with Crippen LogP contribution in [0.4, 0.5) is 13.2 Å². The predicted molar refractivity (Wildman–Crippen MR) is 70.8 cm³/mol. The van der Waals surface area contributed by atoms with E-state index in [9.17, 15) is 18.0 Å². The van der Waals surface area contributed by atoms with Crippen LogP contribution < -0.4 is 0 Å². The van der Waals surface area contributed by atoms with Crippen LogP contribution in [0.1, 0.15) is 19.3 Å². The predicted octanol–water partition coefficient (Wildman–Crippen LogP) is 2.68. The summed E-state index contributed by atoms with van der Waals surface area (Å²) in [5.41, 5.74) is -0.960. The topological polar surface area (TPSA) is 54.0 Å². The van der Waals surface area contributed by atoms with Gasteiger partial charge in [-0.3, -0.25) is 4.79 Å². The van der Waals surface area contributed by atoms with Gasteiger partial charge in [0.1, 0.15) is 6.61 Å². The van der Waals surface area contributed by atoms with Crippen LogP contribution in [0.3, 0.4) is 0 Å². The zero-order valence-corrected chi connectivity index (χ0v) is 12.5. The standard InChI is InChI=1S/C15H17F3O5/c1-20-13(21-7-15(16,17)18)9-3-2-4-14(9)6-11-10(5-12(14)19)22-8-23-11/h5-6,9,13H,2-4,7-8H2,1H3. The van der Waals surface area contributed by atoms with Gasteiger partial charge in [0.2, 0.25) is 6.79 Å². The summed E-state index contributed by atoms with van der Waals surface area (Å²) >= 11 is 0. The third kappa shape index (κ3) is 2.97. The molecule has 0 aromatic carbocycles. The molecular formula is C15H17F3O5. The molecule has 1 saturated heterocycles. The summed E-state index contributed by atoms with van der Waals surface area (Å²) in [7, 11) is 1.28. The van der Waals surface area contributed by atoms with Crippen molar-refractivity contribution in [2.45, 2.75) is 31.7 Å². The van der Waals surface area contributed by atoms with Crippen LogP contribution >= 0.6 is 0 Å². The lowest BCUT2D eigenvalue weighted by Gasteiger charge is -2.36. The minimum Gasteiger partial charge on any atom is -0.454 e. The number of ketones is 1. The number of rotatable bonds is 4. The molecular weight excluding hydrogens is 317 g/mol. The van der Waals surface area contributed by atoms with Gasteiger partial charge in [-0.15, -0.1) is 0 Å². The number of halogens is 3. The monoisotopic (exact) mass is 334 g/mol. The minimum atomic E-state index is -4.45. The molecule has 1 saturated carbocycles. The van der Waals surface area contributed by atoms with E-state index in [1.807, 2.05) is 0 Å². The van der Waals surface area contributed by atoms with E-state index in [0.29, 0.717) is 30.8 Å². The van der Waals surface area contributed by atoms with Crippen molar-refractivity contribution in [2.24, 2.45) is 11.3 Å². The number of carbonyl (C=O) groups excluding carboxylic acids is 1. The average Bonchev–Trinajstić information content (AvgIpc) is 3.08. The number of ether oxygens (including phenoxy) is 4. The van der Waals surface area contributed by atoms with Gasteiger partial charge < -0.3 is 18.9 Å². The lowest BCUT2D eigenvalue weighted by atomic mass is 9.71. The largest absolute Gasteiger partial charge is 0.454 e. The summed E-state index contributed by atoms with van der Waals surface area (Å²) < 4.78 is 57.8. The van der Waals surface area contributed by atoms with Crippen LogP contribution in [0, 0.1) is 11.3 Å². The van der Waals surface area contributed by atoms with Crippen molar-refractivity contribution in [3.05, 3.63) is 23.7 Å². The molecule has 1 heterocycles. The maximum atomic E-state index is 12.6. The van der Waals surface area contributed by atoms with Crippen LogP contribution in [-0.4, -0.2) is 38.8 Å². The summed E-state index contributed by atoms with van der Waals surface area (Å²) in [6, 6.07) is 0. The number of methoxy groups -OCH3 is 1. The number of fused-ring (bicyclic) bond motifs is 1. The molecule has 3 aliphatic rings. The fourth-order valence-corrected chi connectivity index (χ4v) is 3.53. The Morgan fingerprint density at radius 1 is 1.39 bits per heavy atom. The van der Waals surface area contributed by atoms with Crippen LogP contribution in [0.25, 0.3) is 0 Å². The first-order valence-corrected chi connectivity index (χ1v) is 7.32. The van der Waals surface area contributed by atoms with Crippen molar-refractivity contribution in [1.29, 1.82) is 0 Å². The zero-order chi connectivity index (χ0) is 16.7. The molecule has 128 valence electrons. The highest BCUT2D eigenvalue weighted by molar-refractivity contribution is 5.99. The first kappa shape index (κ1) is 16.3. The van der Waals surface area contributed by atoms with Gasteiger partial charge >= 0.3 is 6.18 Å². The van der Waals surface area contributed by atoms with Crippen molar-refractivity contribution < 1.29 is 36.9 Å². The Morgan fingerprint density at radius 3 is 2.83 bits per heavy atom. The molecule has 0 aromatic heterocycles. The molecule has 8 heteroatoms. The molecule has 0 radical (unpaired) electrons. The van der Waals surface area contributed by atoms with E-state index in [-0.39, 0.29) is 12.6 Å². The third-order valence-electron chi connectivity index (χ3n) is 4.52. The van der Waals surface area contributed by atoms with E-state index in [1.165, 1.54) is 13.2 Å². The number of hydrogen-bond acceptors (Lipinski definition) is 5. The lowest BCUT2D eigenvalue weighted by molar-refractivity contribution is -0.241. The number of hydrogen-bond donors (Lipinski definition) is 0. The molecule has 1 spiro atoms. The third-order valence-corrected chi connectivity index (χ3v) is 4.52. The summed E-state index contributed by atoms with van der Waals surface area (Å²) in [5.74, 6) is 0.123. The van der Waals surface area contributed by atoms with E-state index in [0.717, 1.165) is 0 Å². The quantitative estimate of drug-likeness (QED) is 0.740. The summed E-state index contributed by atoms with van der Waals surface area (Å²) in [5, 5.41) is 0. The van der Waals surface area contributed by atoms with E-state index in [4.69, 9.17) is 18.9 Å². The van der Waals surface area contributed by atoms with Crippen LogP contribution in [0.2, 0.25) is 0 Å². The second-order valence-electron chi connectivity index (χ2n) is 5.86. The van der Waals surface area contributed by atoms with Gasteiger partial charge in [0.25, 0.3) is 0 Å². The van der Waals surface area contributed by atoms with Crippen molar-refractivity contribution in [3.8, 4) is 0 Å². The molecule has 3 unspecified atom stereocenters. The highest BCUT2D eigenvalue weighted by Crippen LogP contribution is 2.51. The van der Waals surface area contributed by atoms with Gasteiger partial charge in [0, 0.05) is 19.1 Å². The molecule has 0 N–H and O–H groups in total. The molecule has 3 atom stereocenters. The first-order valence-electron chi connectivity index (χ1n) is 7.32. The molecule has 0 amide bonds. The Labute approximate surface area is 131 Å². The lowest BCUT2D eigenvalue weighted by Crippen LogP contribution is -2.43. The van der Waals surface area contributed by atoms with Crippen LogP contribution in [-0.2, 0) is 23.7 Å². The molecule has 1 aliphatic heterocycles. The van der Waals surface area contributed by atoms with Gasteiger partial charge in [-0.1, -0.05) is 6.42 Å². The molecule has 0 aromatic rings. The van der Waals surface area contributed by atoms with E-state index < -0.39 is 30.4 Å². The Hall–Kier alpha value is -1.54. The number of carbonyl (C=O) groups is 1. The maximum absolute atomic E-state index is 12.6. The number of allylic oxidation sites excluding steroid dienone is 2. The number of alkyl halides is 3. The van der Waals surface area contributed by atoms with E-state index >= 15 is 0 Å². The van der Waals surface area contributed by atoms with Crippen LogP contribution in [0.15, 0.2) is 23.7 Å².